The van der Waals surface area contributed by atoms with Crippen molar-refractivity contribution >= 4 is 21.5 Å². The van der Waals surface area contributed by atoms with Crippen molar-refractivity contribution in [2.75, 3.05) is 0 Å². The molecule has 8 aromatic carbocycles. The second kappa shape index (κ2) is 12.3. The van der Waals surface area contributed by atoms with Crippen LogP contribution in [0.5, 0.6) is 0 Å². The molecule has 1 heterocycles. The predicted molar refractivity (Wildman–Crippen MR) is 222 cm³/mol. The normalized spacial score (nSPS) is 12.9. The second-order valence-corrected chi connectivity index (χ2v) is 14.5. The summed E-state index contributed by atoms with van der Waals surface area (Å²) in [7, 11) is 0. The molecule has 0 unspecified atom stereocenters. The molecule has 2 nitrogen and oxygen atoms in total. The standard InChI is InChI=1S/C51H36N2/c1-51(2)45-27-15-26-42(49(45)44-30-35-20-9-10-21-36(35)31-46(44)51)41-29-28-40(37-22-11-12-23-38(37)41)39-24-13-14-25-43(39)50-52-47(33-16-5-3-6-17-33)32-48(53-50)34-18-7-4-8-19-34/h3-32H,1-2H3. The Balaban J connectivity index is 1.17. The van der Waals surface area contributed by atoms with Crippen molar-refractivity contribution < 1.29 is 0 Å². The summed E-state index contributed by atoms with van der Waals surface area (Å²) in [5.41, 5.74) is 15.1. The molecule has 0 saturated heterocycles. The van der Waals surface area contributed by atoms with Gasteiger partial charge >= 0.3 is 0 Å². The minimum Gasteiger partial charge on any atom is -0.228 e. The number of aromatic nitrogens is 2. The molecule has 1 aliphatic carbocycles. The number of rotatable bonds is 5. The number of fused-ring (bicyclic) bond motifs is 5. The van der Waals surface area contributed by atoms with Gasteiger partial charge in [-0.05, 0) is 84.3 Å². The van der Waals surface area contributed by atoms with E-state index in [1.54, 1.807) is 0 Å². The molecule has 0 aliphatic heterocycles. The molecule has 0 spiro atoms. The molecule has 1 aliphatic rings. The predicted octanol–water partition coefficient (Wildman–Crippen LogP) is 13.4. The van der Waals surface area contributed by atoms with Crippen LogP contribution in [-0.2, 0) is 5.41 Å². The van der Waals surface area contributed by atoms with Gasteiger partial charge in [-0.2, -0.15) is 0 Å². The number of hydrogen-bond donors (Lipinski definition) is 0. The molecule has 53 heavy (non-hydrogen) atoms. The Kier molecular flexibility index (Phi) is 7.19. The molecular formula is C51H36N2. The maximum atomic E-state index is 5.22. The van der Waals surface area contributed by atoms with E-state index in [1.807, 2.05) is 12.1 Å². The Bertz CT molecular complexity index is 2790. The molecule has 1 aromatic heterocycles. The van der Waals surface area contributed by atoms with Gasteiger partial charge in [0, 0.05) is 22.1 Å². The summed E-state index contributed by atoms with van der Waals surface area (Å²) in [6.45, 7) is 4.73. The molecule has 0 fully saturated rings. The molecule has 0 radical (unpaired) electrons. The van der Waals surface area contributed by atoms with Crippen LogP contribution in [0.25, 0.3) is 88.8 Å². The van der Waals surface area contributed by atoms with Gasteiger partial charge in [0.1, 0.15) is 0 Å². The van der Waals surface area contributed by atoms with E-state index in [9.17, 15) is 0 Å². The maximum absolute atomic E-state index is 5.22. The monoisotopic (exact) mass is 676 g/mol. The lowest BCUT2D eigenvalue weighted by atomic mass is 9.81. The van der Waals surface area contributed by atoms with Gasteiger partial charge in [0.05, 0.1) is 11.4 Å². The Morgan fingerprint density at radius 3 is 1.51 bits per heavy atom. The van der Waals surface area contributed by atoms with Crippen molar-refractivity contribution in [3.63, 3.8) is 0 Å². The molecule has 0 saturated carbocycles. The van der Waals surface area contributed by atoms with Crippen molar-refractivity contribution in [3.05, 3.63) is 193 Å². The lowest BCUT2D eigenvalue weighted by Gasteiger charge is -2.22. The molecule has 0 atom stereocenters. The minimum absolute atomic E-state index is 0.105. The Morgan fingerprint density at radius 2 is 0.868 bits per heavy atom. The van der Waals surface area contributed by atoms with Gasteiger partial charge in [0.2, 0.25) is 0 Å². The highest BCUT2D eigenvalue weighted by atomic mass is 14.9. The first kappa shape index (κ1) is 31.1. The largest absolute Gasteiger partial charge is 0.228 e. The van der Waals surface area contributed by atoms with E-state index in [0.29, 0.717) is 5.82 Å². The van der Waals surface area contributed by atoms with Gasteiger partial charge in [0.25, 0.3) is 0 Å². The lowest BCUT2D eigenvalue weighted by Crippen LogP contribution is -2.14. The number of benzene rings is 8. The average molecular weight is 677 g/mol. The van der Waals surface area contributed by atoms with E-state index in [4.69, 9.17) is 9.97 Å². The first-order chi connectivity index (χ1) is 26.0. The highest BCUT2D eigenvalue weighted by molar-refractivity contribution is 6.10. The summed E-state index contributed by atoms with van der Waals surface area (Å²) >= 11 is 0. The van der Waals surface area contributed by atoms with Gasteiger partial charge in [-0.3, -0.25) is 0 Å². The van der Waals surface area contributed by atoms with Crippen molar-refractivity contribution in [2.24, 2.45) is 0 Å². The molecule has 0 amide bonds. The molecule has 9 aromatic rings. The van der Waals surface area contributed by atoms with Crippen LogP contribution in [0, 0.1) is 0 Å². The molecule has 0 N–H and O–H groups in total. The zero-order chi connectivity index (χ0) is 35.5. The summed E-state index contributed by atoms with van der Waals surface area (Å²) < 4.78 is 0. The third-order valence-corrected chi connectivity index (χ3v) is 11.1. The van der Waals surface area contributed by atoms with E-state index < -0.39 is 0 Å². The SMILES string of the molecule is CC1(C)c2cc3ccccc3cc2-c2c(-c3ccc(-c4ccccc4-c4nc(-c5ccccc5)cc(-c5ccccc5)n4)c4ccccc34)cccc21. The zero-order valence-electron chi connectivity index (χ0n) is 29.7. The maximum Gasteiger partial charge on any atom is 0.161 e. The third kappa shape index (κ3) is 5.10. The Labute approximate surface area is 310 Å². The van der Waals surface area contributed by atoms with Crippen LogP contribution in [0.1, 0.15) is 25.0 Å². The number of hydrogen-bond acceptors (Lipinski definition) is 2. The van der Waals surface area contributed by atoms with Gasteiger partial charge in [-0.15, -0.1) is 0 Å². The minimum atomic E-state index is -0.105. The molecule has 10 rings (SSSR count). The number of nitrogens with zero attached hydrogens (tertiary/aromatic N) is 2. The Morgan fingerprint density at radius 1 is 0.358 bits per heavy atom. The summed E-state index contributed by atoms with van der Waals surface area (Å²) in [6, 6.07) is 65.3. The first-order valence-corrected chi connectivity index (χ1v) is 18.3. The van der Waals surface area contributed by atoms with Gasteiger partial charge in [0.15, 0.2) is 5.82 Å². The van der Waals surface area contributed by atoms with Crippen molar-refractivity contribution in [2.45, 2.75) is 19.3 Å². The zero-order valence-corrected chi connectivity index (χ0v) is 29.7. The van der Waals surface area contributed by atoms with Crippen LogP contribution >= 0.6 is 0 Å². The smallest absolute Gasteiger partial charge is 0.161 e. The fourth-order valence-corrected chi connectivity index (χ4v) is 8.46. The lowest BCUT2D eigenvalue weighted by molar-refractivity contribution is 0.661. The van der Waals surface area contributed by atoms with Crippen molar-refractivity contribution in [1.82, 2.24) is 9.97 Å². The van der Waals surface area contributed by atoms with Crippen LogP contribution in [0.2, 0.25) is 0 Å². The highest BCUT2D eigenvalue weighted by Crippen LogP contribution is 2.54. The van der Waals surface area contributed by atoms with Crippen LogP contribution < -0.4 is 0 Å². The molecule has 0 bridgehead atoms. The molecular weight excluding hydrogens is 641 g/mol. The van der Waals surface area contributed by atoms with E-state index in [-0.39, 0.29) is 5.41 Å². The van der Waals surface area contributed by atoms with E-state index >= 15 is 0 Å². The molecule has 2 heteroatoms. The summed E-state index contributed by atoms with van der Waals surface area (Å²) in [4.78, 5) is 10.4. The fraction of sp³-hybridized carbons (Fsp3) is 0.0588. The van der Waals surface area contributed by atoms with Gasteiger partial charge in [-0.25, -0.2) is 9.97 Å². The quantitative estimate of drug-likeness (QED) is 0.181. The average Bonchev–Trinajstić information content (AvgIpc) is 3.45. The summed E-state index contributed by atoms with van der Waals surface area (Å²) in [5.74, 6) is 0.709. The highest BCUT2D eigenvalue weighted by Gasteiger charge is 2.37. The summed E-state index contributed by atoms with van der Waals surface area (Å²) in [5, 5.41) is 4.99. The van der Waals surface area contributed by atoms with Gasteiger partial charge < -0.3 is 0 Å². The Hall–Kier alpha value is -6.64. The van der Waals surface area contributed by atoms with Crippen LogP contribution in [0.3, 0.4) is 0 Å². The third-order valence-electron chi connectivity index (χ3n) is 11.1. The molecule has 250 valence electrons. The van der Waals surface area contributed by atoms with Crippen LogP contribution in [0.15, 0.2) is 182 Å². The van der Waals surface area contributed by atoms with Crippen LogP contribution in [-0.4, -0.2) is 9.97 Å². The van der Waals surface area contributed by atoms with E-state index in [1.165, 1.54) is 54.9 Å². The van der Waals surface area contributed by atoms with Gasteiger partial charge in [-0.1, -0.05) is 178 Å². The van der Waals surface area contributed by atoms with E-state index in [0.717, 1.165) is 39.2 Å². The first-order valence-electron chi connectivity index (χ1n) is 18.3. The van der Waals surface area contributed by atoms with Crippen molar-refractivity contribution in [1.29, 1.82) is 0 Å². The van der Waals surface area contributed by atoms with E-state index in [2.05, 4.69) is 184 Å². The topological polar surface area (TPSA) is 25.8 Å². The summed E-state index contributed by atoms with van der Waals surface area (Å²) in [6.07, 6.45) is 0. The fourth-order valence-electron chi connectivity index (χ4n) is 8.46. The van der Waals surface area contributed by atoms with Crippen LogP contribution in [0.4, 0.5) is 0 Å². The second-order valence-electron chi connectivity index (χ2n) is 14.5. The van der Waals surface area contributed by atoms with Crippen molar-refractivity contribution in [3.8, 4) is 67.3 Å².